The Hall–Kier alpha value is -1.26. The van der Waals surface area contributed by atoms with E-state index in [0.29, 0.717) is 13.2 Å². The van der Waals surface area contributed by atoms with E-state index in [0.717, 1.165) is 35.1 Å². The van der Waals surface area contributed by atoms with Gasteiger partial charge < -0.3 is 19.7 Å². The molecular weight excluding hydrogens is 194 g/mol. The quantitative estimate of drug-likeness (QED) is 0.700. The Bertz CT molecular complexity index is 376. The molecule has 1 saturated heterocycles. The van der Waals surface area contributed by atoms with Crippen molar-refractivity contribution in [1.29, 1.82) is 0 Å². The monoisotopic (exact) mass is 206 g/mol. The third kappa shape index (κ3) is 1.78. The fourth-order valence-electron chi connectivity index (χ4n) is 1.77. The molecule has 0 aromatic heterocycles. The first-order valence-electron chi connectivity index (χ1n) is 5.15. The maximum Gasteiger partial charge on any atom is 0.121 e. The maximum atomic E-state index is 11.4. The summed E-state index contributed by atoms with van der Waals surface area (Å²) in [7, 11) is 0. The zero-order valence-corrected chi connectivity index (χ0v) is 8.31. The van der Waals surface area contributed by atoms with Crippen LogP contribution < -0.4 is 9.80 Å². The first-order valence-corrected chi connectivity index (χ1v) is 5.15. The maximum absolute atomic E-state index is 11.4. The third-order valence-corrected chi connectivity index (χ3v) is 2.75. The first kappa shape index (κ1) is 9.00. The molecule has 1 aromatic rings. The van der Waals surface area contributed by atoms with Crippen LogP contribution in [-0.4, -0.2) is 25.9 Å². The zero-order chi connectivity index (χ0) is 10.3. The molecule has 2 heterocycles. The van der Waals surface area contributed by atoms with E-state index in [1.54, 1.807) is 0 Å². The average Bonchev–Trinajstić information content (AvgIpc) is 3.02. The van der Waals surface area contributed by atoms with Gasteiger partial charge in [-0.05, 0) is 18.1 Å². The molecule has 3 rings (SSSR count). The normalized spacial score (nSPS) is 22.7. The molecule has 0 bridgehead atoms. The molecule has 0 radical (unpaired) electrons. The van der Waals surface area contributed by atoms with Crippen molar-refractivity contribution in [1.82, 2.24) is 0 Å². The van der Waals surface area contributed by atoms with E-state index < -0.39 is 0 Å². The second kappa shape index (κ2) is 3.40. The van der Waals surface area contributed by atoms with Gasteiger partial charge in [0.15, 0.2) is 0 Å². The van der Waals surface area contributed by atoms with E-state index in [4.69, 9.17) is 9.47 Å². The highest BCUT2D eigenvalue weighted by Gasteiger charge is 2.23. The minimum absolute atomic E-state index is 0.251. The van der Waals surface area contributed by atoms with Crippen molar-refractivity contribution in [3.05, 3.63) is 29.0 Å². The number of hydrogen-bond acceptors (Lipinski definition) is 4. The molecule has 1 unspecified atom stereocenters. The summed E-state index contributed by atoms with van der Waals surface area (Å²) in [5.41, 5.74) is 1.87. The number of ether oxygens (including phenoxy) is 2. The van der Waals surface area contributed by atoms with Crippen LogP contribution in [0.25, 0.3) is 0 Å². The van der Waals surface area contributed by atoms with Gasteiger partial charge in [-0.1, -0.05) is 6.07 Å². The second-order valence-corrected chi connectivity index (χ2v) is 3.91. The van der Waals surface area contributed by atoms with Gasteiger partial charge in [0.1, 0.15) is 18.5 Å². The Balaban J connectivity index is 1.75. The minimum atomic E-state index is 0.251. The molecule has 1 aromatic carbocycles. The summed E-state index contributed by atoms with van der Waals surface area (Å²) in [6, 6.07) is 5.70. The van der Waals surface area contributed by atoms with Crippen LogP contribution in [0.5, 0.6) is 5.75 Å². The van der Waals surface area contributed by atoms with Crippen molar-refractivity contribution >= 4 is 5.69 Å². The Kier molecular flexibility index (Phi) is 2.04. The highest BCUT2D eigenvalue weighted by Crippen LogP contribution is 2.31. The van der Waals surface area contributed by atoms with Crippen molar-refractivity contribution in [3.8, 4) is 5.75 Å². The topological polar surface area (TPSA) is 48.1 Å². The molecular formula is C11H12NO3-. The van der Waals surface area contributed by atoms with E-state index >= 15 is 0 Å². The molecule has 2 aliphatic heterocycles. The summed E-state index contributed by atoms with van der Waals surface area (Å²) in [4.78, 5) is 0. The van der Waals surface area contributed by atoms with Gasteiger partial charge in [-0.3, -0.25) is 0 Å². The molecule has 0 aliphatic carbocycles. The number of hydroxylamine groups is 1. The number of epoxide rings is 1. The first-order chi connectivity index (χ1) is 7.33. The second-order valence-electron chi connectivity index (χ2n) is 3.91. The van der Waals surface area contributed by atoms with Gasteiger partial charge in [-0.2, -0.15) is 0 Å². The number of benzene rings is 1. The van der Waals surface area contributed by atoms with Crippen LogP contribution in [0.1, 0.15) is 5.56 Å². The fourth-order valence-corrected chi connectivity index (χ4v) is 1.77. The van der Waals surface area contributed by atoms with Gasteiger partial charge in [0, 0.05) is 18.3 Å². The lowest BCUT2D eigenvalue weighted by molar-refractivity contribution is 0.263. The fraction of sp³-hybridized carbons (Fsp3) is 0.455. The van der Waals surface area contributed by atoms with Gasteiger partial charge >= 0.3 is 0 Å². The molecule has 4 nitrogen and oxygen atoms in total. The third-order valence-electron chi connectivity index (χ3n) is 2.75. The summed E-state index contributed by atoms with van der Waals surface area (Å²) in [6.07, 6.45) is 1.09. The van der Waals surface area contributed by atoms with Gasteiger partial charge in [0.05, 0.1) is 6.61 Å². The van der Waals surface area contributed by atoms with Crippen molar-refractivity contribution in [2.45, 2.75) is 12.5 Å². The van der Waals surface area contributed by atoms with E-state index in [1.165, 1.54) is 0 Å². The van der Waals surface area contributed by atoms with E-state index in [-0.39, 0.29) is 6.10 Å². The summed E-state index contributed by atoms with van der Waals surface area (Å²) < 4.78 is 10.6. The van der Waals surface area contributed by atoms with E-state index in [2.05, 4.69) is 0 Å². The van der Waals surface area contributed by atoms with Gasteiger partial charge in [-0.15, -0.1) is 0 Å². The summed E-state index contributed by atoms with van der Waals surface area (Å²) in [5, 5.41) is 12.4. The molecule has 1 fully saturated rings. The summed E-state index contributed by atoms with van der Waals surface area (Å²) in [5.74, 6) is 0.756. The SMILES string of the molecule is [O-]N1CCc2ccc(OCC3CO3)cc21. The molecule has 0 N–H and O–H groups in total. The van der Waals surface area contributed by atoms with Gasteiger partial charge in [-0.25, -0.2) is 0 Å². The highest BCUT2D eigenvalue weighted by molar-refractivity contribution is 5.61. The lowest BCUT2D eigenvalue weighted by atomic mass is 10.1. The summed E-state index contributed by atoms with van der Waals surface area (Å²) >= 11 is 0. The summed E-state index contributed by atoms with van der Waals surface area (Å²) in [6.45, 7) is 1.93. The Morgan fingerprint density at radius 1 is 1.53 bits per heavy atom. The van der Waals surface area contributed by atoms with Gasteiger partial charge in [0.2, 0.25) is 0 Å². The van der Waals surface area contributed by atoms with Crippen LogP contribution >= 0.6 is 0 Å². The van der Waals surface area contributed by atoms with E-state index in [9.17, 15) is 5.21 Å². The van der Waals surface area contributed by atoms with Crippen LogP contribution in [0.15, 0.2) is 18.2 Å². The van der Waals surface area contributed by atoms with Crippen molar-refractivity contribution in [2.75, 3.05) is 24.8 Å². The van der Waals surface area contributed by atoms with Crippen LogP contribution in [0.2, 0.25) is 0 Å². The lowest BCUT2D eigenvalue weighted by Crippen LogP contribution is -2.10. The molecule has 4 heteroatoms. The zero-order valence-electron chi connectivity index (χ0n) is 8.31. The Labute approximate surface area is 88.0 Å². The molecule has 0 spiro atoms. The Morgan fingerprint density at radius 2 is 2.40 bits per heavy atom. The predicted octanol–water partition coefficient (Wildman–Crippen LogP) is 1.32. The largest absolute Gasteiger partial charge is 0.758 e. The van der Waals surface area contributed by atoms with E-state index in [1.807, 2.05) is 18.2 Å². The minimum Gasteiger partial charge on any atom is -0.758 e. The average molecular weight is 206 g/mol. The standard InChI is InChI=1S/C11H12NO3/c13-12-4-3-8-1-2-9(5-11(8)12)14-6-10-7-15-10/h1-2,5,10H,3-4,6-7H2/q-1. The molecule has 0 saturated carbocycles. The number of hydrogen-bond donors (Lipinski definition) is 0. The van der Waals surface area contributed by atoms with Crippen molar-refractivity contribution < 1.29 is 9.47 Å². The van der Waals surface area contributed by atoms with Gasteiger partial charge in [0.25, 0.3) is 0 Å². The predicted molar refractivity (Wildman–Crippen MR) is 56.1 cm³/mol. The number of nitrogens with zero attached hydrogens (tertiary/aromatic N) is 1. The number of fused-ring (bicyclic) bond motifs is 1. The van der Waals surface area contributed by atoms with Crippen LogP contribution in [-0.2, 0) is 11.2 Å². The van der Waals surface area contributed by atoms with Crippen LogP contribution in [0.4, 0.5) is 5.69 Å². The Morgan fingerprint density at radius 3 is 3.20 bits per heavy atom. The lowest BCUT2D eigenvalue weighted by Gasteiger charge is -2.25. The molecule has 15 heavy (non-hydrogen) atoms. The molecule has 0 amide bonds. The molecule has 2 aliphatic rings. The molecule has 80 valence electrons. The van der Waals surface area contributed by atoms with Crippen molar-refractivity contribution in [2.24, 2.45) is 0 Å². The number of rotatable bonds is 3. The van der Waals surface area contributed by atoms with Crippen LogP contribution in [0.3, 0.4) is 0 Å². The smallest absolute Gasteiger partial charge is 0.121 e. The van der Waals surface area contributed by atoms with Crippen LogP contribution in [0, 0.1) is 5.21 Å². The molecule has 1 atom stereocenters. The van der Waals surface area contributed by atoms with Crippen molar-refractivity contribution in [3.63, 3.8) is 0 Å². The number of anilines is 1. The highest BCUT2D eigenvalue weighted by atomic mass is 16.6.